The molecule has 3 aromatic rings. The molecule has 0 saturated heterocycles. The number of likely N-dealkylation sites (N-methyl/N-ethyl adjacent to an activating group) is 1. The molecular weight excluding hydrogens is 540 g/mol. The lowest BCUT2D eigenvalue weighted by atomic mass is 9.55. The Morgan fingerprint density at radius 1 is 0.976 bits per heavy atom. The number of benzene rings is 3. The number of primary amides is 1. The maximum Gasteiger partial charge on any atom is 0.255 e. The Balaban J connectivity index is 1.66. The summed E-state index contributed by atoms with van der Waals surface area (Å²) < 4.78 is 0. The molecule has 3 aromatic carbocycles. The number of hydrogen-bond acceptors (Lipinski definition) is 9. The smallest absolute Gasteiger partial charge is 0.255 e. The molecule has 10 nitrogen and oxygen atoms in total. The molecule has 1 fully saturated rings. The molecule has 3 aliphatic rings. The van der Waals surface area contributed by atoms with Crippen molar-refractivity contribution in [3.05, 3.63) is 94.3 Å². The second-order valence-corrected chi connectivity index (χ2v) is 11.1. The predicted molar refractivity (Wildman–Crippen MR) is 154 cm³/mol. The first kappa shape index (κ1) is 27.4. The zero-order valence-electron chi connectivity index (χ0n) is 22.6. The molecule has 0 unspecified atom stereocenters. The number of ketones is 2. The van der Waals surface area contributed by atoms with Gasteiger partial charge < -0.3 is 31.3 Å². The lowest BCUT2D eigenvalue weighted by molar-refractivity contribution is -0.166. The van der Waals surface area contributed by atoms with E-state index < -0.39 is 69.7 Å². The van der Waals surface area contributed by atoms with E-state index in [-0.39, 0.29) is 11.3 Å². The van der Waals surface area contributed by atoms with Gasteiger partial charge in [0.15, 0.2) is 11.4 Å². The van der Waals surface area contributed by atoms with Crippen LogP contribution in [-0.4, -0.2) is 79.7 Å². The quantitative estimate of drug-likeness (QED) is 0.258. The summed E-state index contributed by atoms with van der Waals surface area (Å²) in [5.41, 5.74) is 2.19. The summed E-state index contributed by atoms with van der Waals surface area (Å²) in [5, 5.41) is 59.1. The van der Waals surface area contributed by atoms with Crippen molar-refractivity contribution < 1.29 is 39.9 Å². The standard InChI is InChI=1S/C32H28N2O8/c1-34(2)25-24-27(37)21-18(13-14-10-11-15-6-3-4-7-16(15)12-14)17-8-5-9-19(35)20(17)26(36)22(21)29(39)32(24,42)30(40)23(28(25)38)31(33)41/h3-13,21,24-25,27,35-37,40,42H,1-2H3,(H2,33,41)/b18-13+/t21-,24-,25+,27+,32+/m1/s1. The highest BCUT2D eigenvalue weighted by atomic mass is 16.4. The fraction of sp³-hybridized carbons (Fsp3) is 0.219. The SMILES string of the molecule is CN(C)[C@@H]1C(=O)C(C(N)=O)=C(O)[C@@]2(O)C(=O)C3=C(O)c4c(O)cccc4/C(=C\c4ccc5ccccc5c4)[C@H]3[C@H](O)[C@@H]12. The van der Waals surface area contributed by atoms with Crippen molar-refractivity contribution in [2.24, 2.45) is 17.6 Å². The maximum atomic E-state index is 14.3. The Morgan fingerprint density at radius 2 is 1.67 bits per heavy atom. The lowest BCUT2D eigenvalue weighted by Crippen LogP contribution is -2.70. The topological polar surface area (TPSA) is 182 Å². The van der Waals surface area contributed by atoms with Crippen LogP contribution < -0.4 is 5.73 Å². The van der Waals surface area contributed by atoms with Crippen LogP contribution in [0, 0.1) is 11.8 Å². The Bertz CT molecular complexity index is 1820. The number of carbonyl (C=O) groups is 3. The monoisotopic (exact) mass is 568 g/mol. The van der Waals surface area contributed by atoms with Crippen LogP contribution in [0.15, 0.2) is 77.6 Å². The second kappa shape index (κ2) is 9.38. The van der Waals surface area contributed by atoms with Gasteiger partial charge >= 0.3 is 0 Å². The van der Waals surface area contributed by atoms with E-state index in [1.54, 1.807) is 18.2 Å². The van der Waals surface area contributed by atoms with E-state index in [2.05, 4.69) is 0 Å². The van der Waals surface area contributed by atoms with Gasteiger partial charge in [0.1, 0.15) is 22.8 Å². The number of Topliss-reactive ketones (excluding diaryl/α,β-unsaturated/α-hetero) is 2. The molecule has 0 spiro atoms. The summed E-state index contributed by atoms with van der Waals surface area (Å²) in [7, 11) is 2.92. The average molecular weight is 569 g/mol. The number of phenolic OH excluding ortho intramolecular Hbond substituents is 1. The van der Waals surface area contributed by atoms with Crippen molar-refractivity contribution in [1.29, 1.82) is 0 Å². The molecular formula is C32H28N2O8. The summed E-state index contributed by atoms with van der Waals surface area (Å²) in [6.45, 7) is 0. The molecule has 5 atom stereocenters. The summed E-state index contributed by atoms with van der Waals surface area (Å²) in [5.74, 6) is -8.84. The van der Waals surface area contributed by atoms with Crippen LogP contribution >= 0.6 is 0 Å². The van der Waals surface area contributed by atoms with E-state index in [1.165, 1.54) is 25.1 Å². The van der Waals surface area contributed by atoms with Crippen LogP contribution in [-0.2, 0) is 14.4 Å². The van der Waals surface area contributed by atoms with Crippen LogP contribution in [0.2, 0.25) is 0 Å². The van der Waals surface area contributed by atoms with Gasteiger partial charge in [-0.2, -0.15) is 0 Å². The first-order valence-corrected chi connectivity index (χ1v) is 13.2. The number of nitrogens with zero attached hydrogens (tertiary/aromatic N) is 1. The number of aliphatic hydroxyl groups excluding tert-OH is 3. The Morgan fingerprint density at radius 3 is 2.33 bits per heavy atom. The van der Waals surface area contributed by atoms with Gasteiger partial charge in [-0.25, -0.2) is 0 Å². The van der Waals surface area contributed by atoms with E-state index in [1.807, 2.05) is 42.5 Å². The molecule has 3 aliphatic carbocycles. The predicted octanol–water partition coefficient (Wildman–Crippen LogP) is 2.09. The van der Waals surface area contributed by atoms with E-state index in [0.717, 1.165) is 10.8 Å². The number of fused-ring (bicyclic) bond motifs is 4. The van der Waals surface area contributed by atoms with E-state index in [9.17, 15) is 39.9 Å². The van der Waals surface area contributed by atoms with Crippen molar-refractivity contribution in [1.82, 2.24) is 4.90 Å². The van der Waals surface area contributed by atoms with Gasteiger partial charge in [0.2, 0.25) is 5.78 Å². The van der Waals surface area contributed by atoms with Crippen molar-refractivity contribution in [3.8, 4) is 5.75 Å². The van der Waals surface area contributed by atoms with Gasteiger partial charge in [0, 0.05) is 5.92 Å². The number of amides is 1. The minimum absolute atomic E-state index is 0.104. The van der Waals surface area contributed by atoms with Gasteiger partial charge in [0.05, 0.1) is 29.2 Å². The molecule has 6 rings (SSSR count). The van der Waals surface area contributed by atoms with Crippen molar-refractivity contribution >= 4 is 45.7 Å². The average Bonchev–Trinajstić information content (AvgIpc) is 2.94. The Labute approximate surface area is 239 Å². The van der Waals surface area contributed by atoms with E-state index >= 15 is 0 Å². The van der Waals surface area contributed by atoms with Gasteiger partial charge in [-0.05, 0) is 53.7 Å². The fourth-order valence-corrected chi connectivity index (χ4v) is 6.79. The molecule has 0 radical (unpaired) electrons. The van der Waals surface area contributed by atoms with E-state index in [0.29, 0.717) is 16.7 Å². The third-order valence-electron chi connectivity index (χ3n) is 8.63. The minimum Gasteiger partial charge on any atom is -0.508 e. The number of hydrogen-bond donors (Lipinski definition) is 6. The second-order valence-electron chi connectivity index (χ2n) is 11.1. The lowest BCUT2D eigenvalue weighted by Gasteiger charge is -2.53. The zero-order chi connectivity index (χ0) is 30.2. The summed E-state index contributed by atoms with van der Waals surface area (Å²) in [6, 6.07) is 16.3. The van der Waals surface area contributed by atoms with Crippen molar-refractivity contribution in [3.63, 3.8) is 0 Å². The maximum absolute atomic E-state index is 14.3. The summed E-state index contributed by atoms with van der Waals surface area (Å²) >= 11 is 0. The largest absolute Gasteiger partial charge is 0.508 e. The van der Waals surface area contributed by atoms with Gasteiger partial charge in [0.25, 0.3) is 5.91 Å². The number of rotatable bonds is 3. The molecule has 7 N–H and O–H groups in total. The highest BCUT2D eigenvalue weighted by Gasteiger charge is 2.68. The van der Waals surface area contributed by atoms with Crippen molar-refractivity contribution in [2.75, 3.05) is 14.1 Å². The fourth-order valence-electron chi connectivity index (χ4n) is 6.79. The minimum atomic E-state index is -2.98. The molecule has 1 amide bonds. The molecule has 0 aliphatic heterocycles. The van der Waals surface area contributed by atoms with Gasteiger partial charge in [-0.1, -0.05) is 54.6 Å². The highest BCUT2D eigenvalue weighted by molar-refractivity contribution is 6.25. The number of carbonyl (C=O) groups excluding carboxylic acids is 3. The molecule has 1 saturated carbocycles. The van der Waals surface area contributed by atoms with Crippen molar-refractivity contribution in [2.45, 2.75) is 17.7 Å². The first-order valence-electron chi connectivity index (χ1n) is 13.2. The number of nitrogens with two attached hydrogens (primary N) is 1. The van der Waals surface area contributed by atoms with Crippen LogP contribution in [0.25, 0.3) is 28.2 Å². The zero-order valence-corrected chi connectivity index (χ0v) is 22.6. The molecule has 10 heteroatoms. The Hall–Kier alpha value is -4.77. The molecule has 0 aromatic heterocycles. The third-order valence-corrected chi connectivity index (χ3v) is 8.63. The van der Waals surface area contributed by atoms with Crippen LogP contribution in [0.5, 0.6) is 5.75 Å². The number of aromatic hydroxyl groups is 1. The highest BCUT2D eigenvalue weighted by Crippen LogP contribution is 2.56. The summed E-state index contributed by atoms with van der Waals surface area (Å²) in [4.78, 5) is 41.2. The van der Waals surface area contributed by atoms with Gasteiger partial charge in [-0.3, -0.25) is 19.3 Å². The number of phenols is 1. The van der Waals surface area contributed by atoms with Crippen LogP contribution in [0.1, 0.15) is 16.7 Å². The van der Waals surface area contributed by atoms with Crippen LogP contribution in [0.3, 0.4) is 0 Å². The first-order chi connectivity index (χ1) is 19.9. The molecule has 0 heterocycles. The summed E-state index contributed by atoms with van der Waals surface area (Å²) in [6.07, 6.45) is -0.0253. The molecule has 42 heavy (non-hydrogen) atoms. The normalized spacial score (nSPS) is 28.3. The molecule has 0 bridgehead atoms. The molecule has 214 valence electrons. The van der Waals surface area contributed by atoms with Crippen LogP contribution in [0.4, 0.5) is 0 Å². The third kappa shape index (κ3) is 3.59. The van der Waals surface area contributed by atoms with E-state index in [4.69, 9.17) is 5.73 Å². The van der Waals surface area contributed by atoms with Gasteiger partial charge in [-0.15, -0.1) is 0 Å². The number of aliphatic hydroxyl groups is 4. The Kier molecular flexibility index (Phi) is 6.12.